The first-order chi connectivity index (χ1) is 12.9. The van der Waals surface area contributed by atoms with Crippen molar-refractivity contribution in [1.82, 2.24) is 10.2 Å². The molecular formula is C17H14Br2Cl2FN3O2S. The lowest BCUT2D eigenvalue weighted by atomic mass is 10.2. The summed E-state index contributed by atoms with van der Waals surface area (Å²) in [4.78, 5) is 0. The lowest BCUT2D eigenvalue weighted by Gasteiger charge is -2.12. The van der Waals surface area contributed by atoms with Gasteiger partial charge in [0.1, 0.15) is 16.6 Å². The number of benzene rings is 2. The van der Waals surface area contributed by atoms with Crippen LogP contribution in [-0.4, -0.2) is 34.6 Å². The first-order valence-electron chi connectivity index (χ1n) is 7.66. The number of halogens is 5. The van der Waals surface area contributed by atoms with Gasteiger partial charge in [-0.2, -0.15) is 0 Å². The number of hydrogen-bond donors (Lipinski definition) is 2. The van der Waals surface area contributed by atoms with Gasteiger partial charge in [0.05, 0.1) is 17.7 Å². The van der Waals surface area contributed by atoms with Gasteiger partial charge in [0.15, 0.2) is 11.6 Å². The van der Waals surface area contributed by atoms with Crippen molar-refractivity contribution in [1.29, 1.82) is 0 Å². The summed E-state index contributed by atoms with van der Waals surface area (Å²) in [6, 6.07) is 7.77. The van der Waals surface area contributed by atoms with Gasteiger partial charge in [0.2, 0.25) is 0 Å². The van der Waals surface area contributed by atoms with Gasteiger partial charge < -0.3 is 15.6 Å². The molecule has 0 unspecified atom stereocenters. The van der Waals surface area contributed by atoms with Crippen LogP contribution in [0.15, 0.2) is 39.3 Å². The molecular weight excluding hydrogens is 560 g/mol. The minimum atomic E-state index is -0.599. The van der Waals surface area contributed by atoms with Crippen LogP contribution in [0.3, 0.4) is 0 Å². The summed E-state index contributed by atoms with van der Waals surface area (Å²) in [5.74, 6) is -0.630. The van der Waals surface area contributed by atoms with E-state index in [0.29, 0.717) is 15.6 Å². The quantitative estimate of drug-likeness (QED) is 0.418. The Balaban J connectivity index is 0.00000280. The topological polar surface area (TPSA) is 81.3 Å². The summed E-state index contributed by atoms with van der Waals surface area (Å²) in [7, 11) is 0. The van der Waals surface area contributed by atoms with E-state index in [1.54, 1.807) is 0 Å². The zero-order chi connectivity index (χ0) is 19.6. The summed E-state index contributed by atoms with van der Waals surface area (Å²) in [6.07, 6.45) is 0. The maximum atomic E-state index is 14.4. The summed E-state index contributed by atoms with van der Waals surface area (Å²) in [5.41, 5.74) is 6.85. The summed E-state index contributed by atoms with van der Waals surface area (Å²) < 4.78 is 21.4. The Hall–Kier alpha value is -0.810. The van der Waals surface area contributed by atoms with E-state index in [2.05, 4.69) is 42.1 Å². The highest BCUT2D eigenvalue weighted by Crippen LogP contribution is 2.38. The lowest BCUT2D eigenvalue weighted by Crippen LogP contribution is -2.31. The highest BCUT2D eigenvalue weighted by atomic mass is 79.9. The van der Waals surface area contributed by atoms with Crippen molar-refractivity contribution in [3.05, 3.63) is 50.1 Å². The molecule has 0 saturated carbocycles. The Morgan fingerprint density at radius 3 is 2.43 bits per heavy atom. The van der Waals surface area contributed by atoms with E-state index in [-0.39, 0.29) is 36.4 Å². The second-order valence-electron chi connectivity index (χ2n) is 5.59. The molecule has 5 nitrogen and oxygen atoms in total. The van der Waals surface area contributed by atoms with Crippen molar-refractivity contribution in [3.63, 3.8) is 0 Å². The highest BCUT2D eigenvalue weighted by Gasteiger charge is 2.17. The molecule has 1 atom stereocenters. The van der Waals surface area contributed by atoms with Crippen LogP contribution in [0, 0.1) is 5.82 Å². The summed E-state index contributed by atoms with van der Waals surface area (Å²) >= 11 is 14.5. The fourth-order valence-electron chi connectivity index (χ4n) is 2.18. The predicted molar refractivity (Wildman–Crippen MR) is 119 cm³/mol. The highest BCUT2D eigenvalue weighted by molar-refractivity contribution is 9.11. The number of hydrogen-bond acceptors (Lipinski definition) is 6. The molecule has 1 aromatic heterocycles. The van der Waals surface area contributed by atoms with Gasteiger partial charge in [-0.05, 0) is 24.3 Å². The normalized spacial score (nSPS) is 11.8. The van der Waals surface area contributed by atoms with Crippen LogP contribution in [0.2, 0.25) is 5.02 Å². The zero-order valence-corrected chi connectivity index (χ0v) is 19.6. The first-order valence-corrected chi connectivity index (χ1v) is 10.4. The molecule has 3 aromatic rings. The van der Waals surface area contributed by atoms with Gasteiger partial charge in [-0.15, -0.1) is 22.6 Å². The second kappa shape index (κ2) is 10.3. The number of ether oxygens (including phenoxy) is 1. The van der Waals surface area contributed by atoms with E-state index in [4.69, 9.17) is 27.2 Å². The average molecular weight is 574 g/mol. The standard InChI is InChI=1S/C17H13Br2ClFN3O2S.ClH/c18-9-1-8(2-10(19)3-9)16-23-24-17(27-16)12-4-14(21)15(5-13(12)20)26-7-11(22)6-25;/h1-5,11,25H,6-7,22H2;1H/t11-;/m1./s1. The maximum Gasteiger partial charge on any atom is 0.165 e. The molecule has 0 radical (unpaired) electrons. The maximum absolute atomic E-state index is 14.4. The number of nitrogens with zero attached hydrogens (tertiary/aromatic N) is 2. The number of rotatable bonds is 6. The van der Waals surface area contributed by atoms with Crippen molar-refractivity contribution in [2.24, 2.45) is 5.73 Å². The molecule has 3 rings (SSSR count). The SMILES string of the molecule is Cl.N[C@H](CO)COc1cc(Cl)c(-c2nnc(-c3cc(Br)cc(Br)c3)s2)cc1F. The molecule has 0 aliphatic rings. The minimum Gasteiger partial charge on any atom is -0.489 e. The van der Waals surface area contributed by atoms with Gasteiger partial charge in [-0.1, -0.05) is 54.8 Å². The third kappa shape index (κ3) is 5.63. The Labute approximate surface area is 192 Å². The van der Waals surface area contributed by atoms with Crippen LogP contribution in [0.5, 0.6) is 5.75 Å². The summed E-state index contributed by atoms with van der Waals surface area (Å²) in [5, 5.41) is 18.7. The van der Waals surface area contributed by atoms with Crippen LogP contribution in [0.25, 0.3) is 21.1 Å². The van der Waals surface area contributed by atoms with Crippen molar-refractivity contribution in [2.45, 2.75) is 6.04 Å². The van der Waals surface area contributed by atoms with Crippen molar-refractivity contribution in [2.75, 3.05) is 13.2 Å². The summed E-state index contributed by atoms with van der Waals surface area (Å²) in [6.45, 7) is -0.281. The lowest BCUT2D eigenvalue weighted by molar-refractivity contribution is 0.202. The monoisotopic (exact) mass is 571 g/mol. The molecule has 3 N–H and O–H groups in total. The number of aromatic nitrogens is 2. The van der Waals surface area contributed by atoms with Crippen LogP contribution >= 0.6 is 67.2 Å². The van der Waals surface area contributed by atoms with Gasteiger partial charge in [0, 0.05) is 26.1 Å². The van der Waals surface area contributed by atoms with E-state index in [1.807, 2.05) is 18.2 Å². The van der Waals surface area contributed by atoms with Crippen LogP contribution in [0.4, 0.5) is 4.39 Å². The first kappa shape index (κ1) is 23.5. The third-order valence-corrected chi connectivity index (χ3v) is 5.71. The smallest absolute Gasteiger partial charge is 0.165 e. The van der Waals surface area contributed by atoms with E-state index in [1.165, 1.54) is 23.5 Å². The van der Waals surface area contributed by atoms with E-state index >= 15 is 0 Å². The van der Waals surface area contributed by atoms with Gasteiger partial charge in [-0.3, -0.25) is 0 Å². The largest absolute Gasteiger partial charge is 0.489 e. The molecule has 0 amide bonds. The molecule has 2 aromatic carbocycles. The van der Waals surface area contributed by atoms with Crippen LogP contribution < -0.4 is 10.5 Å². The van der Waals surface area contributed by atoms with Gasteiger partial charge >= 0.3 is 0 Å². The third-order valence-electron chi connectivity index (χ3n) is 3.47. The molecule has 0 bridgehead atoms. The number of aliphatic hydroxyl groups is 1. The Morgan fingerprint density at radius 2 is 1.79 bits per heavy atom. The van der Waals surface area contributed by atoms with Crippen molar-refractivity contribution < 1.29 is 14.2 Å². The second-order valence-corrected chi connectivity index (χ2v) is 8.80. The molecule has 0 aliphatic heterocycles. The fraction of sp³-hybridized carbons (Fsp3) is 0.176. The molecule has 0 fully saturated rings. The molecule has 150 valence electrons. The van der Waals surface area contributed by atoms with E-state index in [0.717, 1.165) is 14.5 Å². The van der Waals surface area contributed by atoms with E-state index < -0.39 is 11.9 Å². The molecule has 0 saturated heterocycles. The Bertz CT molecular complexity index is 957. The predicted octanol–water partition coefficient (Wildman–Crippen LogP) is 5.31. The zero-order valence-electron chi connectivity index (χ0n) is 14.0. The van der Waals surface area contributed by atoms with Crippen LogP contribution in [-0.2, 0) is 0 Å². The number of nitrogens with two attached hydrogens (primary N) is 1. The molecule has 11 heteroatoms. The van der Waals surface area contributed by atoms with Gasteiger partial charge in [-0.25, -0.2) is 4.39 Å². The number of aliphatic hydroxyl groups excluding tert-OH is 1. The Morgan fingerprint density at radius 1 is 1.14 bits per heavy atom. The van der Waals surface area contributed by atoms with Gasteiger partial charge in [0.25, 0.3) is 0 Å². The van der Waals surface area contributed by atoms with E-state index in [9.17, 15) is 4.39 Å². The fourth-order valence-corrected chi connectivity index (χ4v) is 4.63. The van der Waals surface area contributed by atoms with Crippen molar-refractivity contribution >= 4 is 67.2 Å². The average Bonchev–Trinajstić information content (AvgIpc) is 3.10. The molecule has 28 heavy (non-hydrogen) atoms. The Kier molecular flexibility index (Phi) is 8.62. The van der Waals surface area contributed by atoms with Crippen LogP contribution in [0.1, 0.15) is 0 Å². The molecule has 0 aliphatic carbocycles. The van der Waals surface area contributed by atoms with Crippen molar-refractivity contribution in [3.8, 4) is 26.9 Å². The molecule has 1 heterocycles. The minimum absolute atomic E-state index is 0. The molecule has 0 spiro atoms.